The van der Waals surface area contributed by atoms with Crippen molar-refractivity contribution in [1.29, 1.82) is 0 Å². The highest BCUT2D eigenvalue weighted by Gasteiger charge is 2.44. The zero-order chi connectivity index (χ0) is 39.6. The van der Waals surface area contributed by atoms with Crippen molar-refractivity contribution in [3.05, 3.63) is 47.5 Å². The first-order valence-corrected chi connectivity index (χ1v) is 20.7. The number of amides is 7. The Kier molecular flexibility index (Phi) is 14.2. The topological polar surface area (TPSA) is 199 Å². The van der Waals surface area contributed by atoms with Crippen molar-refractivity contribution in [2.75, 3.05) is 20.1 Å². The van der Waals surface area contributed by atoms with Crippen LogP contribution in [-0.4, -0.2) is 113 Å². The maximum Gasteiger partial charge on any atom is 0.410 e. The number of hydrogen-bond donors (Lipinski definition) is 6. The summed E-state index contributed by atoms with van der Waals surface area (Å²) < 4.78 is 5.95. The van der Waals surface area contributed by atoms with E-state index < -0.39 is 66.2 Å². The SMILES string of the molecule is CNC(=O)[C@@H](NC(=O)[C@@H]1CCCCC/C=C\CC(C(O)C(=O)NC2CC2)NC(=O)N2C[C@@H](OC(=O)N3CCc4ccccc4C3)C[C@@H]2C(=O)N1)C1CCCCC1. The van der Waals surface area contributed by atoms with Crippen LogP contribution >= 0.6 is 0 Å². The van der Waals surface area contributed by atoms with E-state index in [1.54, 1.807) is 11.9 Å². The molecule has 1 aromatic rings. The number of aliphatic hydroxyl groups excluding tert-OH is 1. The fourth-order valence-corrected chi connectivity index (χ4v) is 8.39. The van der Waals surface area contributed by atoms with E-state index in [2.05, 4.69) is 26.6 Å². The molecule has 0 bridgehead atoms. The van der Waals surface area contributed by atoms with Gasteiger partial charge in [0.2, 0.25) is 17.7 Å². The summed E-state index contributed by atoms with van der Waals surface area (Å²) in [7, 11) is 1.54. The van der Waals surface area contributed by atoms with Gasteiger partial charge in [-0.05, 0) is 74.8 Å². The average molecular weight is 778 g/mol. The number of allylic oxidation sites excluding steroid dienone is 1. The third-order valence-corrected chi connectivity index (χ3v) is 11.9. The number of rotatable bonds is 8. The third kappa shape index (κ3) is 10.8. The van der Waals surface area contributed by atoms with Crippen LogP contribution in [0.25, 0.3) is 0 Å². The molecular formula is C41H59N7O8. The van der Waals surface area contributed by atoms with E-state index in [-0.39, 0.29) is 37.3 Å². The number of carbonyl (C=O) groups is 6. The molecule has 0 aromatic heterocycles. The third-order valence-electron chi connectivity index (χ3n) is 11.9. The predicted molar refractivity (Wildman–Crippen MR) is 207 cm³/mol. The molecule has 1 saturated heterocycles. The Labute approximate surface area is 329 Å². The molecular weight excluding hydrogens is 718 g/mol. The van der Waals surface area contributed by atoms with Crippen LogP contribution in [0.15, 0.2) is 36.4 Å². The Morgan fingerprint density at radius 1 is 0.893 bits per heavy atom. The molecule has 6 N–H and O–H groups in total. The quantitative estimate of drug-likeness (QED) is 0.217. The molecule has 0 radical (unpaired) electrons. The van der Waals surface area contributed by atoms with E-state index in [0.717, 1.165) is 63.4 Å². The van der Waals surface area contributed by atoms with Crippen LogP contribution in [0, 0.1) is 5.92 Å². The molecule has 2 saturated carbocycles. The molecule has 56 heavy (non-hydrogen) atoms. The fraction of sp³-hybridized carbons (Fsp3) is 0.659. The summed E-state index contributed by atoms with van der Waals surface area (Å²) in [6.07, 6.45) is 11.2. The van der Waals surface area contributed by atoms with Crippen molar-refractivity contribution in [3.63, 3.8) is 0 Å². The van der Waals surface area contributed by atoms with Crippen molar-refractivity contribution >= 4 is 35.8 Å². The number of benzene rings is 1. The number of fused-ring (bicyclic) bond motifs is 2. The minimum atomic E-state index is -1.54. The minimum Gasteiger partial charge on any atom is -0.444 e. The molecule has 1 aromatic carbocycles. The van der Waals surface area contributed by atoms with E-state index in [9.17, 15) is 33.9 Å². The highest BCUT2D eigenvalue weighted by molar-refractivity contribution is 5.94. The van der Waals surface area contributed by atoms with Crippen molar-refractivity contribution in [3.8, 4) is 0 Å². The zero-order valence-electron chi connectivity index (χ0n) is 32.5. The lowest BCUT2D eigenvalue weighted by Crippen LogP contribution is -2.59. The minimum absolute atomic E-state index is 0.00418. The monoisotopic (exact) mass is 777 g/mol. The second kappa shape index (κ2) is 19.5. The summed E-state index contributed by atoms with van der Waals surface area (Å²) in [6, 6.07) is 3.34. The van der Waals surface area contributed by atoms with E-state index in [4.69, 9.17) is 4.74 Å². The van der Waals surface area contributed by atoms with Crippen LogP contribution in [0.2, 0.25) is 0 Å². The Bertz CT molecular complexity index is 1610. The largest absolute Gasteiger partial charge is 0.444 e. The maximum atomic E-state index is 14.3. The molecule has 2 unspecified atom stereocenters. The molecule has 15 nitrogen and oxygen atoms in total. The smallest absolute Gasteiger partial charge is 0.410 e. The summed E-state index contributed by atoms with van der Waals surface area (Å²) in [4.78, 5) is 84.7. The first-order valence-electron chi connectivity index (χ1n) is 20.7. The normalized spacial score (nSPS) is 27.0. The number of nitrogens with one attached hydrogen (secondary N) is 5. The predicted octanol–water partition coefficient (Wildman–Crippen LogP) is 2.55. The van der Waals surface area contributed by atoms with E-state index in [1.807, 2.05) is 36.4 Å². The number of nitrogens with zero attached hydrogens (tertiary/aromatic N) is 2. The van der Waals surface area contributed by atoms with Gasteiger partial charge in [-0.15, -0.1) is 0 Å². The fourth-order valence-electron chi connectivity index (χ4n) is 8.39. The summed E-state index contributed by atoms with van der Waals surface area (Å²) >= 11 is 0. The van der Waals surface area contributed by atoms with E-state index in [0.29, 0.717) is 38.8 Å². The molecule has 3 fully saturated rings. The van der Waals surface area contributed by atoms with Crippen molar-refractivity contribution in [2.45, 2.75) is 145 Å². The molecule has 6 atom stereocenters. The number of urea groups is 1. The van der Waals surface area contributed by atoms with Gasteiger partial charge in [0.05, 0.1) is 12.6 Å². The van der Waals surface area contributed by atoms with Gasteiger partial charge in [0.25, 0.3) is 5.91 Å². The maximum absolute atomic E-state index is 14.3. The van der Waals surface area contributed by atoms with Crippen LogP contribution in [0.1, 0.15) is 101 Å². The van der Waals surface area contributed by atoms with Crippen molar-refractivity contribution < 1.29 is 38.6 Å². The van der Waals surface area contributed by atoms with Crippen LogP contribution in [0.3, 0.4) is 0 Å². The van der Waals surface area contributed by atoms with Gasteiger partial charge in [-0.1, -0.05) is 68.5 Å². The van der Waals surface area contributed by atoms with Crippen molar-refractivity contribution in [2.24, 2.45) is 5.92 Å². The van der Waals surface area contributed by atoms with Gasteiger partial charge in [-0.3, -0.25) is 19.2 Å². The molecule has 15 heteroatoms. The first kappa shape index (κ1) is 41.0. The summed E-state index contributed by atoms with van der Waals surface area (Å²) in [5, 5.41) is 25.3. The van der Waals surface area contributed by atoms with Gasteiger partial charge in [0, 0.05) is 32.6 Å². The van der Waals surface area contributed by atoms with Gasteiger partial charge in [-0.25, -0.2) is 9.59 Å². The number of ether oxygens (including phenoxy) is 1. The Hall–Kier alpha value is -4.66. The van der Waals surface area contributed by atoms with Gasteiger partial charge in [-0.2, -0.15) is 0 Å². The van der Waals surface area contributed by atoms with Gasteiger partial charge < -0.3 is 46.2 Å². The Morgan fingerprint density at radius 3 is 2.38 bits per heavy atom. The molecule has 0 spiro atoms. The number of aliphatic hydroxyl groups is 1. The number of likely N-dealkylation sites (N-methyl/N-ethyl adjacent to an activating group) is 1. The molecule has 6 rings (SSSR count). The van der Waals surface area contributed by atoms with Gasteiger partial charge >= 0.3 is 12.1 Å². The van der Waals surface area contributed by atoms with Crippen LogP contribution in [0.5, 0.6) is 0 Å². The molecule has 5 aliphatic rings. The van der Waals surface area contributed by atoms with Crippen molar-refractivity contribution in [1.82, 2.24) is 36.4 Å². The molecule has 2 aliphatic carbocycles. The standard InChI is InChI=1S/C41H59N7O8/c1-42-38(52)34(27-14-7-6-8-15-27)46-36(50)32-18-10-5-3-2-4-9-17-31(35(49)39(53)43-29-19-20-29)45-40(54)48-25-30(23-33(48)37(51)44-32)56-41(55)47-22-21-26-13-11-12-16-28(26)24-47/h4,9,11-13,16,27,29-35,49H,2-3,5-8,10,14-15,17-25H2,1H3,(H,42,52)(H,43,53)(H,44,51)(H,45,54)(H,46,50)/b9-4-/t30-,31?,32-,33+,34-,35?/m0/s1. The highest BCUT2D eigenvalue weighted by atomic mass is 16.6. The average Bonchev–Trinajstić information content (AvgIpc) is 3.93. The Morgan fingerprint density at radius 2 is 1.62 bits per heavy atom. The number of hydrogen-bond acceptors (Lipinski definition) is 8. The molecule has 3 aliphatic heterocycles. The molecule has 7 amide bonds. The molecule has 3 heterocycles. The lowest BCUT2D eigenvalue weighted by atomic mass is 9.83. The lowest BCUT2D eigenvalue weighted by molar-refractivity contribution is -0.134. The van der Waals surface area contributed by atoms with Gasteiger partial charge in [0.1, 0.15) is 24.2 Å². The zero-order valence-corrected chi connectivity index (χ0v) is 32.5. The van der Waals surface area contributed by atoms with Crippen LogP contribution in [-0.2, 0) is 36.9 Å². The lowest BCUT2D eigenvalue weighted by Gasteiger charge is -2.32. The molecule has 306 valence electrons. The van der Waals surface area contributed by atoms with Crippen LogP contribution < -0.4 is 26.6 Å². The summed E-state index contributed by atoms with van der Waals surface area (Å²) in [6.45, 7) is 0.715. The summed E-state index contributed by atoms with van der Waals surface area (Å²) in [5.74, 6) is -1.95. The van der Waals surface area contributed by atoms with Gasteiger partial charge in [0.15, 0.2) is 6.10 Å². The highest BCUT2D eigenvalue weighted by Crippen LogP contribution is 2.28. The second-order valence-electron chi connectivity index (χ2n) is 16.0. The second-order valence-corrected chi connectivity index (χ2v) is 16.0. The van der Waals surface area contributed by atoms with E-state index in [1.165, 1.54) is 10.5 Å². The number of carbonyl (C=O) groups excluding carboxylic acids is 6. The first-order chi connectivity index (χ1) is 27.1. The van der Waals surface area contributed by atoms with E-state index >= 15 is 0 Å². The summed E-state index contributed by atoms with van der Waals surface area (Å²) in [5.41, 5.74) is 2.20. The Balaban J connectivity index is 1.21. The van der Waals surface area contributed by atoms with Crippen LogP contribution in [0.4, 0.5) is 9.59 Å².